The zero-order valence-electron chi connectivity index (χ0n) is 18.2. The minimum absolute atomic E-state index is 0.114. The van der Waals surface area contributed by atoms with Crippen LogP contribution in [0.1, 0.15) is 39.2 Å². The van der Waals surface area contributed by atoms with Crippen molar-refractivity contribution in [2.75, 3.05) is 0 Å². The molecule has 2 amide bonds. The van der Waals surface area contributed by atoms with Gasteiger partial charge in [0.05, 0.1) is 5.69 Å². The molecule has 0 bridgehead atoms. The Morgan fingerprint density at radius 2 is 1.79 bits per heavy atom. The van der Waals surface area contributed by atoms with E-state index in [0.717, 1.165) is 11.1 Å². The maximum atomic E-state index is 13.3. The largest absolute Gasteiger partial charge is 0.366 e. The number of aromatic nitrogens is 4. The molecule has 2 aromatic carbocycles. The highest BCUT2D eigenvalue weighted by atomic mass is 16.2. The fraction of sp³-hybridized carbons (Fsp3) is 0.208. The van der Waals surface area contributed by atoms with E-state index >= 15 is 0 Å². The second-order valence-corrected chi connectivity index (χ2v) is 7.80. The predicted molar refractivity (Wildman–Crippen MR) is 122 cm³/mol. The van der Waals surface area contributed by atoms with Crippen LogP contribution in [-0.4, -0.2) is 36.3 Å². The average Bonchev–Trinajstić information content (AvgIpc) is 3.28. The maximum Gasteiger partial charge on any atom is 0.277 e. The van der Waals surface area contributed by atoms with Gasteiger partial charge in [-0.2, -0.15) is 4.52 Å². The first-order valence-electron chi connectivity index (χ1n) is 10.5. The van der Waals surface area contributed by atoms with Crippen molar-refractivity contribution in [3.63, 3.8) is 0 Å². The molecule has 9 nitrogen and oxygen atoms in total. The summed E-state index contributed by atoms with van der Waals surface area (Å²) >= 11 is 0. The standard InChI is InChI=1S/C24H24N6O3/c1-16-20(23(33)30-24(28-16)26-15-27-30)10-11-21(31)29(13-17-6-3-2-4-7-17)14-18-8-5-9-19(12-18)22(25)32/h2-9,12,15H,10-11,13-14H2,1H3,(H2,25,32)(H,26,27,28). The number of rotatable bonds is 8. The van der Waals surface area contributed by atoms with Gasteiger partial charge in [-0.3, -0.25) is 19.5 Å². The number of nitrogens with two attached hydrogens (primary N) is 1. The molecule has 0 spiro atoms. The molecular formula is C24H24N6O3. The summed E-state index contributed by atoms with van der Waals surface area (Å²) in [7, 11) is 0. The molecule has 0 atom stereocenters. The Morgan fingerprint density at radius 3 is 2.55 bits per heavy atom. The van der Waals surface area contributed by atoms with Crippen molar-refractivity contribution < 1.29 is 9.59 Å². The van der Waals surface area contributed by atoms with Gasteiger partial charge in [-0.05, 0) is 36.6 Å². The van der Waals surface area contributed by atoms with Crippen LogP contribution in [0.15, 0.2) is 65.7 Å². The van der Waals surface area contributed by atoms with Gasteiger partial charge in [0, 0.05) is 30.6 Å². The van der Waals surface area contributed by atoms with E-state index in [4.69, 9.17) is 5.73 Å². The van der Waals surface area contributed by atoms with Crippen LogP contribution in [0.5, 0.6) is 0 Å². The van der Waals surface area contributed by atoms with Crippen molar-refractivity contribution in [2.24, 2.45) is 5.73 Å². The lowest BCUT2D eigenvalue weighted by atomic mass is 10.1. The number of primary amides is 1. The summed E-state index contributed by atoms with van der Waals surface area (Å²) in [5.41, 5.74) is 8.35. The van der Waals surface area contributed by atoms with Crippen LogP contribution >= 0.6 is 0 Å². The van der Waals surface area contributed by atoms with Crippen LogP contribution in [0.4, 0.5) is 0 Å². The number of nitrogens with one attached hydrogen (secondary N) is 1. The van der Waals surface area contributed by atoms with Crippen LogP contribution in [0.3, 0.4) is 0 Å². The van der Waals surface area contributed by atoms with Crippen LogP contribution in [-0.2, 0) is 24.3 Å². The third kappa shape index (κ3) is 4.98. The van der Waals surface area contributed by atoms with Crippen LogP contribution in [0.25, 0.3) is 5.78 Å². The molecule has 3 N–H and O–H groups in total. The summed E-state index contributed by atoms with van der Waals surface area (Å²) in [6.45, 7) is 2.45. The lowest BCUT2D eigenvalue weighted by Gasteiger charge is -2.23. The molecule has 2 aromatic heterocycles. The highest BCUT2D eigenvalue weighted by Crippen LogP contribution is 2.15. The molecular weight excluding hydrogens is 420 g/mol. The second-order valence-electron chi connectivity index (χ2n) is 7.80. The highest BCUT2D eigenvalue weighted by molar-refractivity contribution is 5.92. The lowest BCUT2D eigenvalue weighted by Crippen LogP contribution is -2.31. The summed E-state index contributed by atoms with van der Waals surface area (Å²) in [5.74, 6) is -0.333. The Hall–Kier alpha value is -4.27. The Bertz CT molecular complexity index is 1360. The van der Waals surface area contributed by atoms with E-state index in [9.17, 15) is 14.4 Å². The summed E-state index contributed by atoms with van der Waals surface area (Å²) in [4.78, 5) is 47.6. The number of fused-ring (bicyclic) bond motifs is 1. The number of carbonyl (C=O) groups is 2. The molecule has 9 heteroatoms. The Labute approximate surface area is 189 Å². The van der Waals surface area contributed by atoms with Crippen molar-refractivity contribution in [2.45, 2.75) is 32.9 Å². The number of aryl methyl sites for hydroxylation is 1. The van der Waals surface area contributed by atoms with E-state index in [0.29, 0.717) is 35.7 Å². The van der Waals surface area contributed by atoms with Gasteiger partial charge in [-0.25, -0.2) is 9.97 Å². The fourth-order valence-electron chi connectivity index (χ4n) is 3.75. The number of nitrogens with zero attached hydrogens (tertiary/aromatic N) is 4. The number of carbonyl (C=O) groups excluding carboxylic acids is 2. The van der Waals surface area contributed by atoms with Gasteiger partial charge in [-0.1, -0.05) is 42.5 Å². The fourth-order valence-corrected chi connectivity index (χ4v) is 3.75. The van der Waals surface area contributed by atoms with Gasteiger partial charge in [0.25, 0.3) is 11.3 Å². The first-order valence-corrected chi connectivity index (χ1v) is 10.5. The maximum absolute atomic E-state index is 13.3. The molecule has 4 rings (SSSR count). The molecule has 0 saturated heterocycles. The van der Waals surface area contributed by atoms with Crippen molar-refractivity contribution >= 4 is 17.6 Å². The predicted octanol–water partition coefficient (Wildman–Crippen LogP) is 1.99. The number of H-pyrrole nitrogens is 1. The highest BCUT2D eigenvalue weighted by Gasteiger charge is 2.18. The number of amides is 2. The zero-order chi connectivity index (χ0) is 23.4. The van der Waals surface area contributed by atoms with Gasteiger partial charge in [0.1, 0.15) is 6.33 Å². The van der Waals surface area contributed by atoms with Gasteiger partial charge < -0.3 is 10.6 Å². The Morgan fingerprint density at radius 1 is 1.06 bits per heavy atom. The van der Waals surface area contributed by atoms with Crippen molar-refractivity contribution in [3.8, 4) is 0 Å². The van der Waals surface area contributed by atoms with E-state index in [1.807, 2.05) is 36.4 Å². The van der Waals surface area contributed by atoms with Gasteiger partial charge in [0.2, 0.25) is 11.8 Å². The van der Waals surface area contributed by atoms with E-state index in [1.165, 1.54) is 10.8 Å². The molecule has 168 valence electrons. The molecule has 4 aromatic rings. The minimum Gasteiger partial charge on any atom is -0.366 e. The van der Waals surface area contributed by atoms with Gasteiger partial charge in [-0.15, -0.1) is 0 Å². The van der Waals surface area contributed by atoms with Crippen LogP contribution < -0.4 is 11.3 Å². The number of aromatic amines is 1. The van der Waals surface area contributed by atoms with E-state index in [-0.39, 0.29) is 24.3 Å². The van der Waals surface area contributed by atoms with Crippen molar-refractivity contribution in [3.05, 3.63) is 99.2 Å². The van der Waals surface area contributed by atoms with Crippen LogP contribution in [0, 0.1) is 6.92 Å². The molecule has 33 heavy (non-hydrogen) atoms. The second kappa shape index (κ2) is 9.47. The number of hydrogen-bond donors (Lipinski definition) is 2. The number of benzene rings is 2. The van der Waals surface area contributed by atoms with Crippen molar-refractivity contribution in [1.29, 1.82) is 0 Å². The minimum atomic E-state index is -0.518. The lowest BCUT2D eigenvalue weighted by molar-refractivity contribution is -0.132. The number of hydrogen-bond acceptors (Lipinski definition) is 5. The van der Waals surface area contributed by atoms with Gasteiger partial charge in [0.15, 0.2) is 0 Å². The van der Waals surface area contributed by atoms with E-state index in [1.54, 1.807) is 30.0 Å². The summed E-state index contributed by atoms with van der Waals surface area (Å²) in [5, 5.41) is 2.74. The van der Waals surface area contributed by atoms with E-state index in [2.05, 4.69) is 15.1 Å². The quantitative estimate of drug-likeness (QED) is 0.430. The Balaban J connectivity index is 1.56. The average molecular weight is 444 g/mol. The third-order valence-electron chi connectivity index (χ3n) is 5.48. The topological polar surface area (TPSA) is 126 Å². The molecule has 0 fully saturated rings. The normalized spacial score (nSPS) is 10.9. The molecule has 0 aliphatic carbocycles. The summed E-state index contributed by atoms with van der Waals surface area (Å²) in [6, 6.07) is 16.6. The molecule has 0 saturated carbocycles. The Kier molecular flexibility index (Phi) is 6.30. The van der Waals surface area contributed by atoms with Gasteiger partial charge >= 0.3 is 0 Å². The summed E-state index contributed by atoms with van der Waals surface area (Å²) in [6.07, 6.45) is 1.80. The third-order valence-corrected chi connectivity index (χ3v) is 5.48. The van der Waals surface area contributed by atoms with Crippen molar-refractivity contribution in [1.82, 2.24) is 24.5 Å². The molecule has 0 radical (unpaired) electrons. The summed E-state index contributed by atoms with van der Waals surface area (Å²) < 4.78 is 1.27. The molecule has 2 heterocycles. The smallest absolute Gasteiger partial charge is 0.277 e. The molecule has 0 unspecified atom stereocenters. The molecule has 0 aliphatic rings. The first-order chi connectivity index (χ1) is 15.9. The monoisotopic (exact) mass is 444 g/mol. The zero-order valence-corrected chi connectivity index (χ0v) is 18.2. The first kappa shape index (κ1) is 21.9. The van der Waals surface area contributed by atoms with Crippen LogP contribution in [0.2, 0.25) is 0 Å². The molecule has 0 aliphatic heterocycles. The SMILES string of the molecule is Cc1nc2nc[nH]n2c(=O)c1CCC(=O)N(Cc1ccccc1)Cc1cccc(C(N)=O)c1. The van der Waals surface area contributed by atoms with E-state index < -0.39 is 5.91 Å².